The van der Waals surface area contributed by atoms with Crippen molar-refractivity contribution in [1.82, 2.24) is 5.32 Å². The standard InChI is InChI=1S/C26H39NO2.2H2O/c1-25-14-12-19(28)16-17(25)8-9-20-21-10-11-23(26(21,2)15-13-22(20)25)24(29)27-18-6-4-3-5-7-18;;/h8,11,18-22,28H,3-7,9-10,12-16H2,1-2H3,(H,27,29);2*1H2/t19-,20-,21-,22-,25-,26-;;/m0../s1. The van der Waals surface area contributed by atoms with E-state index in [9.17, 15) is 9.90 Å². The normalized spacial score (nSPS) is 41.9. The van der Waals surface area contributed by atoms with Crippen LogP contribution in [0.3, 0.4) is 0 Å². The van der Waals surface area contributed by atoms with Crippen LogP contribution in [0.15, 0.2) is 23.3 Å². The van der Waals surface area contributed by atoms with E-state index in [2.05, 4.69) is 31.3 Å². The van der Waals surface area contributed by atoms with E-state index in [0.29, 0.717) is 17.9 Å². The molecule has 5 aliphatic carbocycles. The second-order valence-electron chi connectivity index (χ2n) is 11.3. The van der Waals surface area contributed by atoms with Crippen molar-refractivity contribution in [1.29, 1.82) is 0 Å². The van der Waals surface area contributed by atoms with Gasteiger partial charge in [-0.15, -0.1) is 0 Å². The lowest BCUT2D eigenvalue weighted by Gasteiger charge is -2.57. The molecule has 5 rings (SSSR count). The van der Waals surface area contributed by atoms with Crippen LogP contribution in [0.4, 0.5) is 0 Å². The summed E-state index contributed by atoms with van der Waals surface area (Å²) < 4.78 is 0. The van der Waals surface area contributed by atoms with E-state index in [4.69, 9.17) is 0 Å². The smallest absolute Gasteiger partial charge is 0.247 e. The van der Waals surface area contributed by atoms with Crippen molar-refractivity contribution in [3.63, 3.8) is 0 Å². The van der Waals surface area contributed by atoms with Gasteiger partial charge in [0.1, 0.15) is 0 Å². The van der Waals surface area contributed by atoms with Crippen LogP contribution in [0.5, 0.6) is 0 Å². The van der Waals surface area contributed by atoms with E-state index in [1.165, 1.54) is 31.3 Å². The highest BCUT2D eigenvalue weighted by molar-refractivity contribution is 5.95. The maximum absolute atomic E-state index is 13.2. The number of rotatable bonds is 2. The molecule has 5 nitrogen and oxygen atoms in total. The number of carbonyl (C=O) groups excluding carboxylic acids is 1. The Morgan fingerprint density at radius 3 is 2.39 bits per heavy atom. The van der Waals surface area contributed by atoms with Crippen molar-refractivity contribution in [2.75, 3.05) is 0 Å². The van der Waals surface area contributed by atoms with Crippen LogP contribution in [0, 0.1) is 28.6 Å². The van der Waals surface area contributed by atoms with Crippen molar-refractivity contribution in [3.05, 3.63) is 23.3 Å². The summed E-state index contributed by atoms with van der Waals surface area (Å²) in [5.41, 5.74) is 2.96. The van der Waals surface area contributed by atoms with Gasteiger partial charge < -0.3 is 21.4 Å². The molecule has 0 aromatic rings. The highest BCUT2D eigenvalue weighted by Crippen LogP contribution is 2.64. The van der Waals surface area contributed by atoms with Crippen LogP contribution < -0.4 is 5.32 Å². The Labute approximate surface area is 187 Å². The first kappa shape index (κ1) is 24.5. The van der Waals surface area contributed by atoms with Crippen LogP contribution in [0.2, 0.25) is 0 Å². The van der Waals surface area contributed by atoms with E-state index in [1.54, 1.807) is 0 Å². The van der Waals surface area contributed by atoms with Gasteiger partial charge in [-0.05, 0) is 81.0 Å². The first-order valence-electron chi connectivity index (χ1n) is 12.3. The van der Waals surface area contributed by atoms with E-state index < -0.39 is 0 Å². The summed E-state index contributed by atoms with van der Waals surface area (Å²) in [7, 11) is 0. The minimum absolute atomic E-state index is 0. The molecule has 0 aliphatic heterocycles. The molecule has 0 radical (unpaired) electrons. The predicted octanol–water partition coefficient (Wildman–Crippen LogP) is 3.65. The van der Waals surface area contributed by atoms with E-state index >= 15 is 0 Å². The van der Waals surface area contributed by atoms with Gasteiger partial charge in [0.25, 0.3) is 0 Å². The molecule has 0 aromatic carbocycles. The molecule has 0 spiro atoms. The van der Waals surface area contributed by atoms with E-state index in [0.717, 1.165) is 62.9 Å². The molecule has 0 saturated heterocycles. The molecule has 0 bridgehead atoms. The van der Waals surface area contributed by atoms with E-state index in [-0.39, 0.29) is 33.8 Å². The first-order valence-corrected chi connectivity index (χ1v) is 12.3. The molecular formula is C26H43NO4. The fourth-order valence-electron chi connectivity index (χ4n) is 8.07. The average molecular weight is 434 g/mol. The zero-order valence-corrected chi connectivity index (χ0v) is 19.4. The lowest BCUT2D eigenvalue weighted by atomic mass is 9.47. The summed E-state index contributed by atoms with van der Waals surface area (Å²) in [4.78, 5) is 13.2. The monoisotopic (exact) mass is 433 g/mol. The molecule has 6 N–H and O–H groups in total. The number of aliphatic hydroxyl groups is 1. The van der Waals surface area contributed by atoms with Gasteiger partial charge in [-0.25, -0.2) is 0 Å². The third-order valence-electron chi connectivity index (χ3n) is 9.84. The molecule has 5 heteroatoms. The van der Waals surface area contributed by atoms with Gasteiger partial charge in [0.05, 0.1) is 6.10 Å². The molecule has 0 heterocycles. The number of hydrogen-bond donors (Lipinski definition) is 2. The van der Waals surface area contributed by atoms with Crippen LogP contribution in [0.1, 0.15) is 90.9 Å². The molecule has 3 fully saturated rings. The zero-order valence-electron chi connectivity index (χ0n) is 19.4. The Morgan fingerprint density at radius 2 is 1.65 bits per heavy atom. The largest absolute Gasteiger partial charge is 0.412 e. The zero-order chi connectivity index (χ0) is 20.2. The summed E-state index contributed by atoms with van der Waals surface area (Å²) in [5.74, 6) is 2.26. The van der Waals surface area contributed by atoms with Gasteiger partial charge in [0.2, 0.25) is 5.91 Å². The SMILES string of the molecule is C[C@]12CC[C@H](O)CC1=CC[C@@H]1[C@@H]2CC[C@]2(C)C(C(=O)NC3CCCCC3)=CC[C@@H]12.O.O. The Morgan fingerprint density at radius 1 is 0.935 bits per heavy atom. The molecule has 0 unspecified atom stereocenters. The maximum Gasteiger partial charge on any atom is 0.247 e. The molecule has 1 amide bonds. The van der Waals surface area contributed by atoms with Crippen molar-refractivity contribution >= 4 is 5.91 Å². The highest BCUT2D eigenvalue weighted by atomic mass is 16.3. The van der Waals surface area contributed by atoms with Crippen molar-refractivity contribution in [2.24, 2.45) is 28.6 Å². The fraction of sp³-hybridized carbons (Fsp3) is 0.808. The van der Waals surface area contributed by atoms with Gasteiger partial charge in [-0.3, -0.25) is 4.79 Å². The van der Waals surface area contributed by atoms with Gasteiger partial charge in [0.15, 0.2) is 0 Å². The van der Waals surface area contributed by atoms with Crippen LogP contribution in [-0.2, 0) is 4.79 Å². The first-order chi connectivity index (χ1) is 13.9. The van der Waals surface area contributed by atoms with Crippen molar-refractivity contribution in [3.8, 4) is 0 Å². The Bertz CT molecular complexity index is 740. The Kier molecular flexibility index (Phi) is 7.10. The van der Waals surface area contributed by atoms with Gasteiger partial charge in [-0.2, -0.15) is 0 Å². The quantitative estimate of drug-likeness (QED) is 0.648. The summed E-state index contributed by atoms with van der Waals surface area (Å²) in [6, 6.07) is 0.392. The second kappa shape index (κ2) is 8.99. The van der Waals surface area contributed by atoms with Crippen LogP contribution >= 0.6 is 0 Å². The average Bonchev–Trinajstić information content (AvgIpc) is 3.06. The molecule has 3 saturated carbocycles. The lowest BCUT2D eigenvalue weighted by Crippen LogP contribution is -2.51. The molecule has 176 valence electrons. The van der Waals surface area contributed by atoms with Gasteiger partial charge in [-0.1, -0.05) is 50.8 Å². The minimum Gasteiger partial charge on any atom is -0.412 e. The number of hydrogen-bond acceptors (Lipinski definition) is 2. The summed E-state index contributed by atoms with van der Waals surface area (Å²) >= 11 is 0. The predicted molar refractivity (Wildman–Crippen MR) is 123 cm³/mol. The number of allylic oxidation sites excluding steroid dienone is 2. The molecule has 6 atom stereocenters. The third-order valence-corrected chi connectivity index (χ3v) is 9.84. The van der Waals surface area contributed by atoms with Crippen molar-refractivity contribution < 1.29 is 20.9 Å². The second-order valence-corrected chi connectivity index (χ2v) is 11.3. The third kappa shape index (κ3) is 3.91. The van der Waals surface area contributed by atoms with Crippen molar-refractivity contribution in [2.45, 2.75) is 103 Å². The Balaban J connectivity index is 0.00000136. The van der Waals surface area contributed by atoms with Gasteiger partial charge in [0, 0.05) is 17.0 Å². The fourth-order valence-corrected chi connectivity index (χ4v) is 8.07. The molecule has 0 aromatic heterocycles. The summed E-state index contributed by atoms with van der Waals surface area (Å²) in [6.07, 6.45) is 18.4. The number of amides is 1. The van der Waals surface area contributed by atoms with Crippen LogP contribution in [-0.4, -0.2) is 34.1 Å². The van der Waals surface area contributed by atoms with Crippen LogP contribution in [0.25, 0.3) is 0 Å². The highest BCUT2D eigenvalue weighted by Gasteiger charge is 2.57. The maximum atomic E-state index is 13.2. The number of fused-ring (bicyclic) bond motifs is 5. The molecular weight excluding hydrogens is 390 g/mol. The topological polar surface area (TPSA) is 112 Å². The minimum atomic E-state index is -0.136. The van der Waals surface area contributed by atoms with E-state index in [1.807, 2.05) is 0 Å². The Hall–Kier alpha value is -1.17. The lowest BCUT2D eigenvalue weighted by molar-refractivity contribution is -0.120. The number of nitrogens with one attached hydrogen (secondary N) is 1. The number of aliphatic hydroxyl groups excluding tert-OH is 1. The summed E-state index contributed by atoms with van der Waals surface area (Å²) in [6.45, 7) is 4.86. The molecule has 31 heavy (non-hydrogen) atoms. The number of carbonyl (C=O) groups is 1. The summed E-state index contributed by atoms with van der Waals surface area (Å²) in [5, 5.41) is 13.6. The molecule has 5 aliphatic rings. The van der Waals surface area contributed by atoms with Gasteiger partial charge >= 0.3 is 0 Å².